The first-order valence-corrected chi connectivity index (χ1v) is 16.6. The molecule has 0 radical (unpaired) electrons. The minimum atomic E-state index is -1.66. The van der Waals surface area contributed by atoms with Crippen LogP contribution in [0.2, 0.25) is 0 Å². The van der Waals surface area contributed by atoms with Crippen molar-refractivity contribution < 1.29 is 43.9 Å². The molecule has 8 atom stereocenters. The van der Waals surface area contributed by atoms with Crippen LogP contribution in [0.1, 0.15) is 102 Å². The number of ketones is 2. The van der Waals surface area contributed by atoms with E-state index in [9.17, 15) is 29.7 Å². The Morgan fingerprint density at radius 1 is 1.09 bits per heavy atom. The van der Waals surface area contributed by atoms with Crippen LogP contribution in [-0.4, -0.2) is 61.4 Å². The van der Waals surface area contributed by atoms with E-state index in [1.165, 1.54) is 13.0 Å². The van der Waals surface area contributed by atoms with Crippen LogP contribution in [-0.2, 0) is 20.7 Å². The molecule has 2 unspecified atom stereocenters. The molecule has 9 nitrogen and oxygen atoms in total. The molecular formula is C38H44O9. The van der Waals surface area contributed by atoms with Crippen LogP contribution in [0.3, 0.4) is 0 Å². The Kier molecular flexibility index (Phi) is 6.73. The maximum atomic E-state index is 15.0. The summed E-state index contributed by atoms with van der Waals surface area (Å²) in [5.41, 5.74) is -1.93. The summed E-state index contributed by atoms with van der Waals surface area (Å²) in [6, 6.07) is 0. The number of carboxylic acids is 1. The van der Waals surface area contributed by atoms with Gasteiger partial charge in [-0.3, -0.25) is 9.59 Å². The summed E-state index contributed by atoms with van der Waals surface area (Å²) >= 11 is 0. The number of aliphatic hydroxyl groups is 1. The van der Waals surface area contributed by atoms with Gasteiger partial charge in [0.1, 0.15) is 34.5 Å². The Balaban J connectivity index is 1.53. The SMILES string of the molecule is C=C(C)C1CC[C@@]2(C)Oc3c(CC=C(C)C)c4c(c(O)c3[C@@H]1[C@@H]2O)C(=O)C1=C[C@@H]2CC3C(C)(C)O[C@@](C/C=C(/C)C(=O)O)(C2=O)[C@@]13O4. The molecule has 1 aromatic carbocycles. The summed E-state index contributed by atoms with van der Waals surface area (Å²) in [5.74, 6) is -3.32. The van der Waals surface area contributed by atoms with Crippen LogP contribution in [0.15, 0.2) is 47.1 Å². The Morgan fingerprint density at radius 2 is 1.79 bits per heavy atom. The number of aliphatic hydroxyl groups excluding tert-OH is 1. The van der Waals surface area contributed by atoms with E-state index in [4.69, 9.17) is 14.2 Å². The number of phenolic OH excluding ortho intramolecular Hbond substituents is 1. The third-order valence-electron chi connectivity index (χ3n) is 12.0. The number of ether oxygens (including phenoxy) is 3. The Bertz CT molecular complexity index is 1770. The van der Waals surface area contributed by atoms with Crippen molar-refractivity contribution in [3.63, 3.8) is 0 Å². The predicted molar refractivity (Wildman–Crippen MR) is 173 cm³/mol. The summed E-state index contributed by atoms with van der Waals surface area (Å²) in [7, 11) is 0. The van der Waals surface area contributed by atoms with Crippen LogP contribution in [0, 0.1) is 17.8 Å². The van der Waals surface area contributed by atoms with E-state index in [2.05, 4.69) is 6.58 Å². The van der Waals surface area contributed by atoms with Crippen LogP contribution >= 0.6 is 0 Å². The number of allylic oxidation sites excluding steroid dienone is 4. The van der Waals surface area contributed by atoms with Crippen molar-refractivity contribution in [3.8, 4) is 17.2 Å². The van der Waals surface area contributed by atoms with Crippen LogP contribution in [0.25, 0.3) is 0 Å². The van der Waals surface area contributed by atoms with Gasteiger partial charge in [-0.2, -0.15) is 0 Å². The molecule has 8 rings (SSSR count). The van der Waals surface area contributed by atoms with Crippen LogP contribution < -0.4 is 9.47 Å². The number of hydrogen-bond acceptors (Lipinski definition) is 8. The molecule has 7 aliphatic rings. The average Bonchev–Trinajstić information content (AvgIpc) is 3.13. The van der Waals surface area contributed by atoms with E-state index < -0.39 is 58.0 Å². The van der Waals surface area contributed by atoms with E-state index in [0.717, 1.165) is 11.1 Å². The lowest BCUT2D eigenvalue weighted by Crippen LogP contribution is -2.72. The molecule has 2 saturated carbocycles. The minimum Gasteiger partial charge on any atom is -0.507 e. The fourth-order valence-electron chi connectivity index (χ4n) is 9.64. The molecule has 3 fully saturated rings. The molecule has 3 aliphatic heterocycles. The second kappa shape index (κ2) is 9.92. The topological polar surface area (TPSA) is 140 Å². The van der Waals surface area contributed by atoms with Crippen molar-refractivity contribution >= 4 is 17.5 Å². The highest BCUT2D eigenvalue weighted by atomic mass is 16.6. The summed E-state index contributed by atoms with van der Waals surface area (Å²) in [6.07, 6.45) is 6.10. The molecule has 47 heavy (non-hydrogen) atoms. The summed E-state index contributed by atoms with van der Waals surface area (Å²) < 4.78 is 20.6. The van der Waals surface area contributed by atoms with Crippen molar-refractivity contribution in [2.24, 2.45) is 17.8 Å². The first-order valence-electron chi connectivity index (χ1n) is 16.6. The smallest absolute Gasteiger partial charge is 0.330 e. The Morgan fingerprint density at radius 3 is 2.43 bits per heavy atom. The zero-order valence-electron chi connectivity index (χ0n) is 28.2. The number of aliphatic carboxylic acids is 1. The molecular weight excluding hydrogens is 600 g/mol. The number of carboxylic acid groups (broad SMARTS) is 1. The molecule has 1 spiro atoms. The highest BCUT2D eigenvalue weighted by Crippen LogP contribution is 2.69. The van der Waals surface area contributed by atoms with E-state index in [1.807, 2.05) is 47.6 Å². The number of aromatic hydroxyl groups is 1. The fraction of sp³-hybridized carbons (Fsp3) is 0.553. The molecule has 6 bridgehead atoms. The van der Waals surface area contributed by atoms with E-state index in [-0.39, 0.29) is 46.3 Å². The van der Waals surface area contributed by atoms with Crippen LogP contribution in [0.4, 0.5) is 0 Å². The lowest BCUT2D eigenvalue weighted by atomic mass is 9.51. The van der Waals surface area contributed by atoms with Gasteiger partial charge in [-0.15, -0.1) is 0 Å². The predicted octanol–water partition coefficient (Wildman–Crippen LogP) is 5.91. The van der Waals surface area contributed by atoms with Gasteiger partial charge in [0.2, 0.25) is 0 Å². The third-order valence-corrected chi connectivity index (χ3v) is 12.0. The number of hydrogen-bond donors (Lipinski definition) is 3. The molecule has 4 aliphatic carbocycles. The Hall–Kier alpha value is -3.69. The van der Waals surface area contributed by atoms with E-state index in [0.29, 0.717) is 42.6 Å². The van der Waals surface area contributed by atoms with Gasteiger partial charge >= 0.3 is 5.97 Å². The van der Waals surface area contributed by atoms with Gasteiger partial charge < -0.3 is 29.5 Å². The fourth-order valence-corrected chi connectivity index (χ4v) is 9.64. The number of benzene rings is 1. The number of Topliss-reactive ketones (excluding diaryl/α,β-unsaturated/α-hetero) is 2. The van der Waals surface area contributed by atoms with Gasteiger partial charge in [0, 0.05) is 46.4 Å². The van der Waals surface area contributed by atoms with Gasteiger partial charge in [-0.05, 0) is 80.1 Å². The summed E-state index contributed by atoms with van der Waals surface area (Å²) in [5, 5.41) is 33.6. The molecule has 3 heterocycles. The zero-order chi connectivity index (χ0) is 34.2. The first-order chi connectivity index (χ1) is 21.9. The van der Waals surface area contributed by atoms with Gasteiger partial charge in [0.25, 0.3) is 0 Å². The number of carbonyl (C=O) groups is 3. The zero-order valence-corrected chi connectivity index (χ0v) is 28.2. The lowest BCUT2D eigenvalue weighted by molar-refractivity contribution is -0.171. The Labute approximate surface area is 275 Å². The highest BCUT2D eigenvalue weighted by Gasteiger charge is 2.81. The average molecular weight is 645 g/mol. The van der Waals surface area contributed by atoms with E-state index >= 15 is 0 Å². The maximum absolute atomic E-state index is 15.0. The number of phenols is 1. The number of fused-ring (bicyclic) bond motifs is 5. The van der Waals surface area contributed by atoms with Crippen molar-refractivity contribution in [3.05, 3.63) is 63.8 Å². The second-order valence-corrected chi connectivity index (χ2v) is 15.6. The molecule has 250 valence electrons. The van der Waals surface area contributed by atoms with Crippen molar-refractivity contribution in [2.75, 3.05) is 0 Å². The number of rotatable bonds is 6. The summed E-state index contributed by atoms with van der Waals surface area (Å²) in [4.78, 5) is 41.1. The third kappa shape index (κ3) is 3.93. The summed E-state index contributed by atoms with van der Waals surface area (Å²) in [6.45, 7) is 17.2. The van der Waals surface area contributed by atoms with E-state index in [1.54, 1.807) is 6.08 Å². The molecule has 0 amide bonds. The normalized spacial score (nSPS) is 37.1. The lowest BCUT2D eigenvalue weighted by Gasteiger charge is -2.57. The van der Waals surface area contributed by atoms with Gasteiger partial charge in [-0.25, -0.2) is 4.79 Å². The second-order valence-electron chi connectivity index (χ2n) is 15.6. The molecule has 0 aromatic heterocycles. The van der Waals surface area contributed by atoms with Crippen molar-refractivity contribution in [2.45, 2.75) is 115 Å². The standard InChI is InChI=1S/C38H44O9/c1-17(2)9-10-22-30-26(25-21(18(3)4)12-13-36(8,45-30)33(25)42)29(40)27-28(39)23-15-20-16-24-35(6,7)47-37(32(20)41,14-11-19(5)34(43)44)38(23,24)46-31(22)27/h9,11,15,20-21,24-25,33,40,42H,3,10,12-14,16H2,1-2,4-8H3,(H,43,44)/b19-11-/t20-,21?,24?,25-,33+,36-,37+,38-/m1/s1. The largest absolute Gasteiger partial charge is 0.507 e. The van der Waals surface area contributed by atoms with Crippen LogP contribution in [0.5, 0.6) is 17.2 Å². The van der Waals surface area contributed by atoms with Gasteiger partial charge in [0.05, 0.1) is 5.60 Å². The van der Waals surface area contributed by atoms with Crippen molar-refractivity contribution in [1.82, 2.24) is 0 Å². The van der Waals surface area contributed by atoms with Crippen molar-refractivity contribution in [1.29, 1.82) is 0 Å². The maximum Gasteiger partial charge on any atom is 0.330 e. The monoisotopic (exact) mass is 644 g/mol. The quantitative estimate of drug-likeness (QED) is 0.255. The van der Waals surface area contributed by atoms with Gasteiger partial charge in [-0.1, -0.05) is 36.0 Å². The van der Waals surface area contributed by atoms with Gasteiger partial charge in [0.15, 0.2) is 22.8 Å². The number of carbonyl (C=O) groups excluding carboxylic acids is 2. The highest BCUT2D eigenvalue weighted by molar-refractivity contribution is 6.18. The molecule has 1 saturated heterocycles. The molecule has 1 aromatic rings. The molecule has 3 N–H and O–H groups in total. The molecule has 9 heteroatoms. The first kappa shape index (κ1) is 31.9. The minimum absolute atomic E-state index is 0.00663.